The van der Waals surface area contributed by atoms with Crippen molar-refractivity contribution in [2.24, 2.45) is 5.14 Å². The van der Waals surface area contributed by atoms with E-state index in [2.05, 4.69) is 44.1 Å². The third kappa shape index (κ3) is 7.94. The van der Waals surface area contributed by atoms with Gasteiger partial charge in [-0.2, -0.15) is 0 Å². The van der Waals surface area contributed by atoms with E-state index in [1.165, 1.54) is 31.2 Å². The second-order valence-electron chi connectivity index (χ2n) is 4.06. The van der Waals surface area contributed by atoms with Crippen molar-refractivity contribution >= 4 is 10.9 Å². The van der Waals surface area contributed by atoms with Crippen molar-refractivity contribution in [1.29, 1.82) is 0 Å². The summed E-state index contributed by atoms with van der Waals surface area (Å²) in [5, 5.41) is 4.06. The molecule has 0 unspecified atom stereocenters. The second kappa shape index (κ2) is 9.19. The molecule has 0 amide bonds. The van der Waals surface area contributed by atoms with Gasteiger partial charge < -0.3 is 0 Å². The Bertz CT molecular complexity index is 392. The molecular weight excluding hydrogens is 234 g/mol. The summed E-state index contributed by atoms with van der Waals surface area (Å²) < 4.78 is 17.6. The number of rotatable bonds is 4. The van der Waals surface area contributed by atoms with Crippen LogP contribution in [0.25, 0.3) is 0 Å². The monoisotopic (exact) mass is 257 g/mol. The summed E-state index contributed by atoms with van der Waals surface area (Å²) in [6.45, 7) is 6.67. The fraction of sp³-hybridized carbons (Fsp3) is 0.538. The summed E-state index contributed by atoms with van der Waals surface area (Å²) >= 11 is 0. The maximum absolute atomic E-state index is 8.81. The van der Waals surface area contributed by atoms with Crippen molar-refractivity contribution in [3.63, 3.8) is 0 Å². The van der Waals surface area contributed by atoms with E-state index in [9.17, 15) is 0 Å². The topological polar surface area (TPSA) is 60.2 Å². The van der Waals surface area contributed by atoms with Crippen LogP contribution in [0.2, 0.25) is 0 Å². The first-order valence-corrected chi connectivity index (χ1v) is 7.23. The van der Waals surface area contributed by atoms with Crippen LogP contribution in [0.5, 0.6) is 0 Å². The van der Waals surface area contributed by atoms with Gasteiger partial charge in [0.15, 0.2) is 10.9 Å². The van der Waals surface area contributed by atoms with Crippen LogP contribution in [0.15, 0.2) is 18.2 Å². The summed E-state index contributed by atoms with van der Waals surface area (Å²) in [4.78, 5) is 0. The summed E-state index contributed by atoms with van der Waals surface area (Å²) in [5.41, 5.74) is 4.50. The SMILES string of the molecule is CCCc1ccc(C)cc1CCC.N[SH](=O)=O. The van der Waals surface area contributed by atoms with Gasteiger partial charge in [0.05, 0.1) is 0 Å². The Balaban J connectivity index is 0.000000557. The largest absolute Gasteiger partial charge is 0.231 e. The van der Waals surface area contributed by atoms with Crippen molar-refractivity contribution in [2.75, 3.05) is 0 Å². The van der Waals surface area contributed by atoms with Crippen LogP contribution >= 0.6 is 0 Å². The molecule has 1 aromatic carbocycles. The maximum Gasteiger partial charge on any atom is 0.198 e. The predicted molar refractivity (Wildman–Crippen MR) is 73.7 cm³/mol. The molecule has 4 heteroatoms. The van der Waals surface area contributed by atoms with Crippen LogP contribution in [-0.2, 0) is 23.7 Å². The zero-order chi connectivity index (χ0) is 13.3. The highest BCUT2D eigenvalue weighted by Gasteiger charge is 2.00. The van der Waals surface area contributed by atoms with Crippen molar-refractivity contribution in [1.82, 2.24) is 0 Å². The molecule has 0 spiro atoms. The van der Waals surface area contributed by atoms with Crippen LogP contribution < -0.4 is 5.14 Å². The van der Waals surface area contributed by atoms with Crippen LogP contribution in [0.3, 0.4) is 0 Å². The van der Waals surface area contributed by atoms with Crippen molar-refractivity contribution in [3.05, 3.63) is 34.9 Å². The number of hydrogen-bond acceptors (Lipinski definition) is 2. The third-order valence-electron chi connectivity index (χ3n) is 2.40. The zero-order valence-electron chi connectivity index (χ0n) is 10.9. The number of nitrogens with two attached hydrogens (primary N) is 1. The summed E-state index contributed by atoms with van der Waals surface area (Å²) in [6.07, 6.45) is 4.96. The van der Waals surface area contributed by atoms with Gasteiger partial charge in [-0.05, 0) is 30.9 Å². The highest BCUT2D eigenvalue weighted by molar-refractivity contribution is 7.69. The van der Waals surface area contributed by atoms with Gasteiger partial charge in [-0.15, -0.1) is 0 Å². The second-order valence-corrected chi connectivity index (χ2v) is 4.63. The lowest BCUT2D eigenvalue weighted by molar-refractivity contribution is 0.616. The van der Waals surface area contributed by atoms with Crippen LogP contribution in [-0.4, -0.2) is 8.42 Å². The highest BCUT2D eigenvalue weighted by Crippen LogP contribution is 2.15. The molecule has 0 aliphatic heterocycles. The molecule has 0 aliphatic rings. The molecule has 0 aliphatic carbocycles. The molecule has 0 fully saturated rings. The van der Waals surface area contributed by atoms with E-state index in [0.717, 1.165) is 0 Å². The molecule has 0 bridgehead atoms. The lowest BCUT2D eigenvalue weighted by Gasteiger charge is -2.08. The first kappa shape index (κ1) is 16.1. The Morgan fingerprint density at radius 2 is 1.53 bits per heavy atom. The molecule has 1 rings (SSSR count). The molecule has 1 aromatic rings. The molecule has 0 radical (unpaired) electrons. The lowest BCUT2D eigenvalue weighted by atomic mass is 9.98. The van der Waals surface area contributed by atoms with Gasteiger partial charge in [-0.25, -0.2) is 13.6 Å². The maximum atomic E-state index is 8.81. The van der Waals surface area contributed by atoms with Crippen molar-refractivity contribution < 1.29 is 8.42 Å². The van der Waals surface area contributed by atoms with Gasteiger partial charge in [0.25, 0.3) is 0 Å². The van der Waals surface area contributed by atoms with Gasteiger partial charge in [-0.3, -0.25) is 0 Å². The number of benzene rings is 1. The minimum Gasteiger partial charge on any atom is -0.231 e. The van der Waals surface area contributed by atoms with Crippen molar-refractivity contribution in [3.8, 4) is 0 Å². The Morgan fingerprint density at radius 3 is 2.00 bits per heavy atom. The summed E-state index contributed by atoms with van der Waals surface area (Å²) in [7, 11) is -2.62. The molecule has 17 heavy (non-hydrogen) atoms. The molecular formula is C13H23NO2S. The van der Waals surface area contributed by atoms with Crippen LogP contribution in [0.1, 0.15) is 43.4 Å². The van der Waals surface area contributed by atoms with E-state index in [0.29, 0.717) is 0 Å². The fourth-order valence-corrected chi connectivity index (χ4v) is 1.77. The molecule has 0 aromatic heterocycles. The Hall–Kier alpha value is -0.870. The van der Waals surface area contributed by atoms with Gasteiger partial charge in [-0.1, -0.05) is 50.5 Å². The van der Waals surface area contributed by atoms with Crippen LogP contribution in [0, 0.1) is 6.92 Å². The molecule has 0 saturated heterocycles. The molecule has 98 valence electrons. The fourth-order valence-electron chi connectivity index (χ4n) is 1.77. The van der Waals surface area contributed by atoms with E-state index >= 15 is 0 Å². The average molecular weight is 257 g/mol. The van der Waals surface area contributed by atoms with Gasteiger partial charge in [0.1, 0.15) is 0 Å². The van der Waals surface area contributed by atoms with E-state index in [4.69, 9.17) is 8.42 Å². The van der Waals surface area contributed by atoms with Gasteiger partial charge >= 0.3 is 0 Å². The minimum atomic E-state index is -2.62. The number of thiol groups is 1. The first-order valence-electron chi connectivity index (χ1n) is 5.98. The quantitative estimate of drug-likeness (QED) is 0.814. The molecule has 0 heterocycles. The minimum absolute atomic E-state index is 1.23. The van der Waals surface area contributed by atoms with Gasteiger partial charge in [0.2, 0.25) is 0 Å². The van der Waals surface area contributed by atoms with E-state index in [1.54, 1.807) is 11.1 Å². The summed E-state index contributed by atoms with van der Waals surface area (Å²) in [6, 6.07) is 6.86. The number of hydrogen-bond donors (Lipinski definition) is 2. The van der Waals surface area contributed by atoms with E-state index in [1.807, 2.05) is 0 Å². The van der Waals surface area contributed by atoms with E-state index in [-0.39, 0.29) is 0 Å². The Kier molecular flexibility index (Phi) is 8.72. The molecule has 2 N–H and O–H groups in total. The number of aryl methyl sites for hydroxylation is 3. The lowest BCUT2D eigenvalue weighted by Crippen LogP contribution is -1.94. The summed E-state index contributed by atoms with van der Waals surface area (Å²) in [5.74, 6) is 0. The normalized spacial score (nSPS) is 9.94. The molecule has 0 saturated carbocycles. The third-order valence-corrected chi connectivity index (χ3v) is 2.40. The van der Waals surface area contributed by atoms with Crippen molar-refractivity contribution in [2.45, 2.75) is 46.5 Å². The smallest absolute Gasteiger partial charge is 0.198 e. The van der Waals surface area contributed by atoms with Crippen LogP contribution in [0.4, 0.5) is 0 Å². The average Bonchev–Trinajstić information content (AvgIpc) is 2.22. The Morgan fingerprint density at radius 1 is 1.06 bits per heavy atom. The predicted octanol–water partition coefficient (Wildman–Crippen LogP) is 2.37. The Labute approximate surface area is 106 Å². The first-order chi connectivity index (χ1) is 8.01. The molecule has 3 nitrogen and oxygen atoms in total. The highest BCUT2D eigenvalue weighted by atomic mass is 32.2. The van der Waals surface area contributed by atoms with E-state index < -0.39 is 10.9 Å². The zero-order valence-corrected chi connectivity index (χ0v) is 11.8. The molecule has 0 atom stereocenters. The van der Waals surface area contributed by atoms with Gasteiger partial charge in [0, 0.05) is 0 Å². The standard InChI is InChI=1S/C13H20.H3NO2S/c1-4-6-12-9-8-11(3)10-13(12)7-5-2;1-4(2)3/h8-10H,4-7H2,1-3H3;4H,(H2,1,2,3).